The average Bonchev–Trinajstić information content (AvgIpc) is 2.93. The minimum atomic E-state index is -0.770. The summed E-state index contributed by atoms with van der Waals surface area (Å²) in [6.07, 6.45) is 0.612. The first-order chi connectivity index (χ1) is 10.5. The fraction of sp³-hybridized carbons (Fsp3) is 0.400. The second-order valence-corrected chi connectivity index (χ2v) is 4.85. The van der Waals surface area contributed by atoms with E-state index in [4.69, 9.17) is 11.6 Å². The Kier molecular flexibility index (Phi) is 8.17. The Morgan fingerprint density at radius 2 is 2.00 bits per heavy atom. The van der Waals surface area contributed by atoms with Crippen LogP contribution in [-0.2, 0) is 25.7 Å². The number of benzene rings is 1. The molecule has 1 aliphatic rings. The molecule has 2 rings (SSSR count). The van der Waals surface area contributed by atoms with E-state index in [2.05, 4.69) is 14.8 Å². The van der Waals surface area contributed by atoms with Crippen molar-refractivity contribution in [2.75, 3.05) is 20.3 Å². The zero-order valence-corrected chi connectivity index (χ0v) is 13.0. The number of carbonyl (C=O) groups excluding carboxylic acids is 3. The fourth-order valence-corrected chi connectivity index (χ4v) is 1.91. The van der Waals surface area contributed by atoms with Crippen molar-refractivity contribution < 1.29 is 23.9 Å². The Balaban J connectivity index is 0.000000220. The predicted molar refractivity (Wildman–Crippen MR) is 80.5 cm³/mol. The molecule has 1 aromatic carbocycles. The van der Waals surface area contributed by atoms with Crippen molar-refractivity contribution in [2.45, 2.75) is 13.0 Å². The SMILES string of the molecule is COCC(=O)C1CCNC1=O.O=C(Cl)OCc1ccccc1. The van der Waals surface area contributed by atoms with Gasteiger partial charge in [-0.25, -0.2) is 4.79 Å². The maximum absolute atomic E-state index is 11.1. The lowest BCUT2D eigenvalue weighted by atomic mass is 10.0. The molecule has 1 unspecified atom stereocenters. The molecule has 1 N–H and O–H groups in total. The van der Waals surface area contributed by atoms with Gasteiger partial charge in [-0.05, 0) is 12.0 Å². The topological polar surface area (TPSA) is 81.7 Å². The quantitative estimate of drug-likeness (QED) is 0.660. The summed E-state index contributed by atoms with van der Waals surface area (Å²) in [6.45, 7) is 0.889. The molecule has 0 bridgehead atoms. The third-order valence-corrected chi connectivity index (χ3v) is 3.03. The van der Waals surface area contributed by atoms with Gasteiger partial charge in [-0.15, -0.1) is 0 Å². The van der Waals surface area contributed by atoms with Gasteiger partial charge in [-0.1, -0.05) is 30.3 Å². The maximum Gasteiger partial charge on any atom is 0.404 e. The van der Waals surface area contributed by atoms with E-state index in [0.29, 0.717) is 13.0 Å². The van der Waals surface area contributed by atoms with E-state index in [0.717, 1.165) is 5.56 Å². The molecule has 1 fully saturated rings. The van der Waals surface area contributed by atoms with Crippen molar-refractivity contribution >= 4 is 28.7 Å². The van der Waals surface area contributed by atoms with E-state index in [1.54, 1.807) is 0 Å². The molecule has 1 amide bonds. The lowest BCUT2D eigenvalue weighted by Crippen LogP contribution is -2.27. The molecule has 0 aromatic heterocycles. The van der Waals surface area contributed by atoms with E-state index in [9.17, 15) is 14.4 Å². The number of rotatable bonds is 5. The van der Waals surface area contributed by atoms with Crippen LogP contribution in [0.3, 0.4) is 0 Å². The van der Waals surface area contributed by atoms with Crippen molar-refractivity contribution in [3.8, 4) is 0 Å². The highest BCUT2D eigenvalue weighted by molar-refractivity contribution is 6.61. The summed E-state index contributed by atoms with van der Waals surface area (Å²) < 4.78 is 9.19. The van der Waals surface area contributed by atoms with E-state index < -0.39 is 11.3 Å². The minimum Gasteiger partial charge on any atom is -0.449 e. The van der Waals surface area contributed by atoms with Gasteiger partial charge in [-0.2, -0.15) is 0 Å². The predicted octanol–water partition coefficient (Wildman–Crippen LogP) is 1.90. The Morgan fingerprint density at radius 3 is 2.50 bits per heavy atom. The normalized spacial score (nSPS) is 16.3. The first-order valence-electron chi connectivity index (χ1n) is 6.70. The molecule has 0 spiro atoms. The molecular weight excluding hydrogens is 310 g/mol. The molecule has 22 heavy (non-hydrogen) atoms. The van der Waals surface area contributed by atoms with E-state index in [1.165, 1.54) is 7.11 Å². The summed E-state index contributed by atoms with van der Waals surface area (Å²) in [5.74, 6) is -0.746. The van der Waals surface area contributed by atoms with Gasteiger partial charge in [0.25, 0.3) is 0 Å². The Morgan fingerprint density at radius 1 is 1.32 bits per heavy atom. The van der Waals surface area contributed by atoms with Crippen LogP contribution < -0.4 is 5.32 Å². The lowest BCUT2D eigenvalue weighted by Gasteiger charge is -2.02. The number of ether oxygens (including phenoxy) is 2. The molecule has 0 aliphatic carbocycles. The summed E-state index contributed by atoms with van der Waals surface area (Å²) in [6, 6.07) is 9.36. The van der Waals surface area contributed by atoms with Gasteiger partial charge in [0, 0.05) is 25.3 Å². The number of nitrogens with one attached hydrogen (secondary N) is 1. The summed E-state index contributed by atoms with van der Waals surface area (Å²) >= 11 is 4.97. The van der Waals surface area contributed by atoms with Crippen LogP contribution in [0.4, 0.5) is 4.79 Å². The highest BCUT2D eigenvalue weighted by Gasteiger charge is 2.30. The third-order valence-electron chi connectivity index (χ3n) is 2.92. The number of halogens is 1. The summed E-state index contributed by atoms with van der Waals surface area (Å²) in [7, 11) is 1.45. The number of methoxy groups -OCH3 is 1. The number of hydrogen-bond acceptors (Lipinski definition) is 5. The van der Waals surface area contributed by atoms with Crippen molar-refractivity contribution in [3.63, 3.8) is 0 Å². The molecule has 1 atom stereocenters. The molecular formula is C15H18ClNO5. The van der Waals surface area contributed by atoms with Gasteiger partial charge >= 0.3 is 5.43 Å². The van der Waals surface area contributed by atoms with Gasteiger partial charge in [0.05, 0.1) is 0 Å². The summed E-state index contributed by atoms with van der Waals surface area (Å²) in [4.78, 5) is 32.1. The second-order valence-electron chi connectivity index (χ2n) is 4.54. The zero-order chi connectivity index (χ0) is 16.4. The molecule has 0 radical (unpaired) electrons. The van der Waals surface area contributed by atoms with Crippen molar-refractivity contribution in [1.29, 1.82) is 0 Å². The zero-order valence-electron chi connectivity index (χ0n) is 12.2. The van der Waals surface area contributed by atoms with E-state index in [-0.39, 0.29) is 24.9 Å². The largest absolute Gasteiger partial charge is 0.449 e. The lowest BCUT2D eigenvalue weighted by molar-refractivity contribution is -0.133. The van der Waals surface area contributed by atoms with Crippen molar-refractivity contribution in [3.05, 3.63) is 35.9 Å². The van der Waals surface area contributed by atoms with Crippen molar-refractivity contribution in [1.82, 2.24) is 5.32 Å². The van der Waals surface area contributed by atoms with Crippen LogP contribution in [0.25, 0.3) is 0 Å². The molecule has 1 aromatic rings. The van der Waals surface area contributed by atoms with Crippen LogP contribution in [0.2, 0.25) is 0 Å². The molecule has 120 valence electrons. The maximum atomic E-state index is 11.1. The Labute approximate surface area is 133 Å². The molecule has 6 nitrogen and oxygen atoms in total. The second kappa shape index (κ2) is 9.92. The van der Waals surface area contributed by atoms with Gasteiger partial charge in [0.2, 0.25) is 5.91 Å². The van der Waals surface area contributed by atoms with Gasteiger partial charge in [0.1, 0.15) is 19.1 Å². The number of carbonyl (C=O) groups is 3. The Hall–Kier alpha value is -1.92. The number of amides is 1. The molecule has 7 heteroatoms. The van der Waals surface area contributed by atoms with Gasteiger partial charge < -0.3 is 14.8 Å². The third kappa shape index (κ3) is 6.69. The smallest absolute Gasteiger partial charge is 0.404 e. The van der Waals surface area contributed by atoms with Crippen LogP contribution in [0.15, 0.2) is 30.3 Å². The first kappa shape index (κ1) is 18.1. The highest BCUT2D eigenvalue weighted by atomic mass is 35.5. The number of ketones is 1. The van der Waals surface area contributed by atoms with Crippen LogP contribution in [-0.4, -0.2) is 37.4 Å². The minimum absolute atomic E-state index is 0.0398. The average molecular weight is 328 g/mol. The summed E-state index contributed by atoms with van der Waals surface area (Å²) in [5, 5.41) is 2.59. The molecule has 1 aliphatic heterocycles. The van der Waals surface area contributed by atoms with Crippen LogP contribution in [0.1, 0.15) is 12.0 Å². The fourth-order valence-electron chi connectivity index (χ4n) is 1.86. The number of Topliss-reactive ketones (excluding diaryl/α,β-unsaturated/α-hetero) is 1. The standard InChI is InChI=1S/C8H7ClO2.C7H11NO3/c9-8(10)11-6-7-4-2-1-3-5-7;1-11-4-6(9)5-2-3-8-7(5)10/h1-5H,6H2;5H,2-4H2,1H3,(H,8,10). The van der Waals surface area contributed by atoms with Crippen molar-refractivity contribution in [2.24, 2.45) is 5.92 Å². The molecule has 1 saturated heterocycles. The number of hydrogen-bond donors (Lipinski definition) is 1. The molecule has 0 saturated carbocycles. The monoisotopic (exact) mass is 327 g/mol. The van der Waals surface area contributed by atoms with Gasteiger partial charge in [-0.3, -0.25) is 9.59 Å². The van der Waals surface area contributed by atoms with Crippen LogP contribution >= 0.6 is 11.6 Å². The Bertz CT molecular complexity index is 506. The van der Waals surface area contributed by atoms with Gasteiger partial charge in [0.15, 0.2) is 5.78 Å². The first-order valence-corrected chi connectivity index (χ1v) is 7.08. The van der Waals surface area contributed by atoms with E-state index in [1.807, 2.05) is 30.3 Å². The summed E-state index contributed by atoms with van der Waals surface area (Å²) in [5.41, 5.74) is 0.162. The highest BCUT2D eigenvalue weighted by Crippen LogP contribution is 2.10. The molecule has 1 heterocycles. The van der Waals surface area contributed by atoms with Crippen LogP contribution in [0.5, 0.6) is 0 Å². The van der Waals surface area contributed by atoms with Crippen LogP contribution in [0, 0.1) is 5.92 Å². The van der Waals surface area contributed by atoms with E-state index >= 15 is 0 Å².